The topological polar surface area (TPSA) is 33.1 Å². The van der Waals surface area contributed by atoms with E-state index in [9.17, 15) is 0 Å². The minimum absolute atomic E-state index is 0. The Bertz CT molecular complexity index is 3130. The van der Waals surface area contributed by atoms with Gasteiger partial charge in [0.05, 0.1) is 8.07 Å². The Morgan fingerprint density at radius 2 is 1.27 bits per heavy atom. The van der Waals surface area contributed by atoms with Crippen molar-refractivity contribution in [3.05, 3.63) is 162 Å². The van der Waals surface area contributed by atoms with Crippen LogP contribution in [0.1, 0.15) is 79.0 Å². The molecular weight excluding hydrogens is 980 g/mol. The first-order valence-corrected chi connectivity index (χ1v) is 25.6. The molecule has 3 heterocycles. The van der Waals surface area contributed by atoms with E-state index in [2.05, 4.69) is 223 Å². The van der Waals surface area contributed by atoms with E-state index in [1.807, 2.05) is 24.4 Å². The molecule has 64 heavy (non-hydrogen) atoms. The predicted octanol–water partition coefficient (Wildman–Crippen LogP) is 14.5. The van der Waals surface area contributed by atoms with Crippen LogP contribution in [0.4, 0.5) is 22.7 Å². The van der Waals surface area contributed by atoms with Crippen LogP contribution in [0.2, 0.25) is 19.6 Å². The van der Waals surface area contributed by atoms with Crippen LogP contribution in [0.3, 0.4) is 0 Å². The molecule has 0 fully saturated rings. The smallest absolute Gasteiger partial charge is 0.509 e. The molecule has 5 nitrogen and oxygen atoms in total. The third-order valence-electron chi connectivity index (χ3n) is 12.2. The van der Waals surface area contributed by atoms with E-state index in [-0.39, 0.29) is 37.3 Å². The van der Waals surface area contributed by atoms with Gasteiger partial charge in [0.2, 0.25) is 5.69 Å². The van der Waals surface area contributed by atoms with Crippen molar-refractivity contribution in [3.63, 3.8) is 0 Å². The molecule has 1 aliphatic heterocycles. The van der Waals surface area contributed by atoms with E-state index in [4.69, 9.17) is 9.72 Å². The second-order valence-corrected chi connectivity index (χ2v) is 26.2. The number of hydrogen-bond acceptors (Lipinski definition) is 2. The number of hydrogen-bond donors (Lipinski definition) is 0. The zero-order valence-corrected chi connectivity index (χ0v) is 42.5. The Hall–Kier alpha value is -5.64. The van der Waals surface area contributed by atoms with Gasteiger partial charge in [-0.3, -0.25) is 0 Å². The fourth-order valence-electron chi connectivity index (χ4n) is 8.52. The van der Waals surface area contributed by atoms with E-state index < -0.39 is 8.07 Å². The summed E-state index contributed by atoms with van der Waals surface area (Å²) in [5.41, 5.74) is 12.3. The standard InChI is InChI=1S/C57H58N4OSi.Pt/c1-55(2,3)40-28-29-58-53(34-40)61-49-27-24-39(38-18-14-13-15-19-38)30-48(49)47-26-25-46(36-51(47)61)62-45-21-16-20-43(35-45)59-37-60(54-50(59)22-17-23-52(54)63(10,11)12)44-32-41(56(4,5)6)31-42(33-44)57(7,8)9;/h13-34H,1-12H3;/q;+2. The van der Waals surface area contributed by atoms with Crippen molar-refractivity contribution in [3.8, 4) is 28.4 Å². The van der Waals surface area contributed by atoms with Gasteiger partial charge in [-0.25, -0.2) is 4.98 Å². The Morgan fingerprint density at radius 1 is 0.594 bits per heavy atom. The van der Waals surface area contributed by atoms with Crippen LogP contribution in [0.5, 0.6) is 11.5 Å². The summed E-state index contributed by atoms with van der Waals surface area (Å²) in [7, 11) is -1.81. The summed E-state index contributed by atoms with van der Waals surface area (Å²) in [5, 5.41) is 3.60. The van der Waals surface area contributed by atoms with E-state index in [1.165, 1.54) is 33.1 Å². The fourth-order valence-corrected chi connectivity index (χ4v) is 10.1. The minimum atomic E-state index is -1.81. The van der Waals surface area contributed by atoms with Crippen LogP contribution >= 0.6 is 0 Å². The van der Waals surface area contributed by atoms with Gasteiger partial charge in [-0.05, 0) is 72.2 Å². The first-order valence-electron chi connectivity index (χ1n) is 22.1. The van der Waals surface area contributed by atoms with Crippen molar-refractivity contribution in [1.29, 1.82) is 0 Å². The normalized spacial score (nSPS) is 13.1. The molecule has 2 aromatic heterocycles. The van der Waals surface area contributed by atoms with Crippen molar-refractivity contribution in [2.24, 2.45) is 0 Å². The second-order valence-electron chi connectivity index (χ2n) is 21.1. The molecule has 324 valence electrons. The minimum Gasteiger partial charge on any atom is -0.509 e. The van der Waals surface area contributed by atoms with Crippen LogP contribution in [0, 0.1) is 12.1 Å². The number of aromatic nitrogens is 2. The van der Waals surface area contributed by atoms with Gasteiger partial charge in [0.1, 0.15) is 11.5 Å². The molecule has 7 heteroatoms. The molecule has 0 radical (unpaired) electrons. The van der Waals surface area contributed by atoms with E-state index in [1.54, 1.807) is 0 Å². The molecule has 0 amide bonds. The third-order valence-corrected chi connectivity index (χ3v) is 14.2. The monoisotopic (exact) mass is 1040 g/mol. The first-order chi connectivity index (χ1) is 29.7. The number of ether oxygens (including phenoxy) is 1. The summed E-state index contributed by atoms with van der Waals surface area (Å²) in [6.07, 6.45) is 1.91. The summed E-state index contributed by atoms with van der Waals surface area (Å²) in [4.78, 5) is 4.93. The number of fused-ring (bicyclic) bond motifs is 4. The molecule has 1 aliphatic rings. The summed E-state index contributed by atoms with van der Waals surface area (Å²) >= 11 is 0. The number of rotatable bonds is 7. The zero-order valence-electron chi connectivity index (χ0n) is 39.2. The summed E-state index contributed by atoms with van der Waals surface area (Å²) in [6, 6.07) is 56.7. The Balaban J connectivity index is 0.00000560. The van der Waals surface area contributed by atoms with Gasteiger partial charge in [0.15, 0.2) is 0 Å². The van der Waals surface area contributed by atoms with Crippen LogP contribution in [-0.4, -0.2) is 23.6 Å². The number of pyridine rings is 1. The molecular formula is C57H58N4OPtSi+2. The Kier molecular flexibility index (Phi) is 11.5. The van der Waals surface area contributed by atoms with E-state index in [0.717, 1.165) is 50.2 Å². The van der Waals surface area contributed by atoms with Gasteiger partial charge >= 0.3 is 27.1 Å². The van der Waals surface area contributed by atoms with Gasteiger partial charge in [0, 0.05) is 46.6 Å². The van der Waals surface area contributed by atoms with Gasteiger partial charge < -0.3 is 9.30 Å². The van der Waals surface area contributed by atoms with Crippen molar-refractivity contribution >= 4 is 63.8 Å². The molecule has 0 unspecified atom stereocenters. The van der Waals surface area contributed by atoms with Crippen LogP contribution < -0.4 is 19.1 Å². The number of nitrogens with zero attached hydrogens (tertiary/aromatic N) is 4. The average molecular weight is 1040 g/mol. The SMILES string of the molecule is CC(C)(C)c1cc([N+]2=C=[N+](c3[c-]c(Oc4[c-]c5c(cc4)c4cc(-c6ccccc6)ccc4n5-c4cc(C(C)(C)C)ccn4)ccc3)c3cccc([Si](C)(C)C)c32)cc(C(C)(C)C)c1.[Pt+2]. The molecule has 0 bridgehead atoms. The van der Waals surface area contributed by atoms with Crippen LogP contribution in [0.25, 0.3) is 38.8 Å². The number of benzene rings is 6. The molecule has 0 saturated carbocycles. The maximum absolute atomic E-state index is 6.72. The molecule has 8 aromatic rings. The maximum Gasteiger partial charge on any atom is 2.00 e. The molecule has 0 atom stereocenters. The summed E-state index contributed by atoms with van der Waals surface area (Å²) < 4.78 is 13.4. The van der Waals surface area contributed by atoms with Gasteiger partial charge in [-0.15, -0.1) is 23.6 Å². The van der Waals surface area contributed by atoms with Gasteiger partial charge in [-0.1, -0.05) is 165 Å². The first kappa shape index (κ1) is 44.9. The summed E-state index contributed by atoms with van der Waals surface area (Å²) in [5.74, 6) is 2.04. The molecule has 0 aliphatic carbocycles. The quantitative estimate of drug-likeness (QED) is 0.0905. The predicted molar refractivity (Wildman–Crippen MR) is 268 cm³/mol. The van der Waals surface area contributed by atoms with Gasteiger partial charge in [-0.2, -0.15) is 12.1 Å². The summed E-state index contributed by atoms with van der Waals surface area (Å²) in [6.45, 7) is 27.7. The molecule has 0 saturated heterocycles. The van der Waals surface area contributed by atoms with Crippen molar-refractivity contribution in [2.75, 3.05) is 0 Å². The van der Waals surface area contributed by atoms with Crippen molar-refractivity contribution in [2.45, 2.75) is 98.2 Å². The Morgan fingerprint density at radius 3 is 1.94 bits per heavy atom. The van der Waals surface area contributed by atoms with E-state index >= 15 is 0 Å². The molecule has 0 N–H and O–H groups in total. The van der Waals surface area contributed by atoms with Gasteiger partial charge in [0.25, 0.3) is 11.4 Å². The van der Waals surface area contributed by atoms with E-state index in [0.29, 0.717) is 11.5 Å². The van der Waals surface area contributed by atoms with Crippen LogP contribution in [-0.2, 0) is 37.3 Å². The molecule has 0 spiro atoms. The second kappa shape index (κ2) is 16.4. The fraction of sp³-hybridized carbons (Fsp3) is 0.263. The Labute approximate surface area is 395 Å². The molecule has 9 rings (SSSR count). The van der Waals surface area contributed by atoms with Crippen molar-refractivity contribution < 1.29 is 25.8 Å². The maximum atomic E-state index is 6.72. The third kappa shape index (κ3) is 8.52. The number of para-hydroxylation sites is 1. The zero-order chi connectivity index (χ0) is 44.6. The van der Waals surface area contributed by atoms with Crippen LogP contribution in [0.15, 0.2) is 134 Å². The largest absolute Gasteiger partial charge is 2.00 e. The van der Waals surface area contributed by atoms with Crippen molar-refractivity contribution in [1.82, 2.24) is 18.7 Å². The average Bonchev–Trinajstić information content (AvgIpc) is 3.78. The molecule has 6 aromatic carbocycles.